The van der Waals surface area contributed by atoms with Crippen LogP contribution < -0.4 is 0 Å². The molecule has 2 heterocycles. The Labute approximate surface area is 116 Å². The van der Waals surface area contributed by atoms with Crippen LogP contribution in [0.2, 0.25) is 0 Å². The van der Waals surface area contributed by atoms with E-state index >= 15 is 0 Å². The standard InChI is InChI=1S/C13H18N2O3S/c1-2-9-6-4-3-5-7-15(9)12(16)10-8-19-11(14-10)13(17)18/h8-9H,2-7H2,1H3,(H,17,18). The number of carboxylic acids is 1. The summed E-state index contributed by atoms with van der Waals surface area (Å²) in [5.41, 5.74) is 0.266. The minimum Gasteiger partial charge on any atom is -0.476 e. The van der Waals surface area contributed by atoms with Gasteiger partial charge in [0.05, 0.1) is 0 Å². The van der Waals surface area contributed by atoms with Crippen molar-refractivity contribution in [2.45, 2.75) is 45.1 Å². The number of carbonyl (C=O) groups excluding carboxylic acids is 1. The van der Waals surface area contributed by atoms with Gasteiger partial charge >= 0.3 is 5.97 Å². The Bertz CT molecular complexity index is 472. The van der Waals surface area contributed by atoms with Crippen molar-refractivity contribution in [1.82, 2.24) is 9.88 Å². The lowest BCUT2D eigenvalue weighted by Gasteiger charge is -2.28. The zero-order valence-electron chi connectivity index (χ0n) is 11.0. The fourth-order valence-electron chi connectivity index (χ4n) is 2.49. The van der Waals surface area contributed by atoms with E-state index in [4.69, 9.17) is 5.11 Å². The highest BCUT2D eigenvalue weighted by Crippen LogP contribution is 2.22. The van der Waals surface area contributed by atoms with Gasteiger partial charge in [0.1, 0.15) is 5.69 Å². The van der Waals surface area contributed by atoms with Gasteiger partial charge in [-0.2, -0.15) is 0 Å². The first-order chi connectivity index (χ1) is 9.13. The highest BCUT2D eigenvalue weighted by molar-refractivity contribution is 7.11. The lowest BCUT2D eigenvalue weighted by Crippen LogP contribution is -2.39. The Balaban J connectivity index is 2.17. The molecule has 104 valence electrons. The van der Waals surface area contributed by atoms with E-state index in [0.717, 1.165) is 50.0 Å². The number of thiazole rings is 1. The maximum atomic E-state index is 12.4. The minimum atomic E-state index is -1.08. The van der Waals surface area contributed by atoms with Crippen LogP contribution in [0.15, 0.2) is 5.38 Å². The number of likely N-dealkylation sites (tertiary alicyclic amines) is 1. The van der Waals surface area contributed by atoms with Crippen molar-refractivity contribution in [1.29, 1.82) is 0 Å². The Hall–Kier alpha value is -1.43. The SMILES string of the molecule is CCC1CCCCCN1C(=O)c1csc(C(=O)O)n1. The molecule has 1 atom stereocenters. The Morgan fingerprint density at radius 2 is 2.26 bits per heavy atom. The lowest BCUT2D eigenvalue weighted by atomic mass is 10.1. The Morgan fingerprint density at radius 3 is 2.89 bits per heavy atom. The van der Waals surface area contributed by atoms with E-state index < -0.39 is 5.97 Å². The maximum absolute atomic E-state index is 12.4. The number of carbonyl (C=O) groups is 2. The Kier molecular flexibility index (Phi) is 4.52. The van der Waals surface area contributed by atoms with Crippen LogP contribution in [0.3, 0.4) is 0 Å². The summed E-state index contributed by atoms with van der Waals surface area (Å²) in [5, 5.41) is 10.4. The summed E-state index contributed by atoms with van der Waals surface area (Å²) in [6, 6.07) is 0.255. The van der Waals surface area contributed by atoms with E-state index in [2.05, 4.69) is 11.9 Å². The molecule has 2 rings (SSSR count). The first-order valence-corrected chi connectivity index (χ1v) is 7.51. The van der Waals surface area contributed by atoms with Crippen LogP contribution in [0.1, 0.15) is 59.3 Å². The second-order valence-electron chi connectivity index (χ2n) is 4.75. The van der Waals surface area contributed by atoms with Gasteiger partial charge in [-0.15, -0.1) is 11.3 Å². The van der Waals surface area contributed by atoms with E-state index in [1.54, 1.807) is 5.38 Å². The van der Waals surface area contributed by atoms with E-state index in [-0.39, 0.29) is 22.7 Å². The van der Waals surface area contributed by atoms with Crippen LogP contribution in [0.5, 0.6) is 0 Å². The summed E-state index contributed by atoms with van der Waals surface area (Å²) in [5.74, 6) is -1.20. The van der Waals surface area contributed by atoms with Crippen molar-refractivity contribution in [2.75, 3.05) is 6.54 Å². The third kappa shape index (κ3) is 3.12. The van der Waals surface area contributed by atoms with Crippen molar-refractivity contribution in [3.8, 4) is 0 Å². The van der Waals surface area contributed by atoms with Gasteiger partial charge in [0.25, 0.3) is 5.91 Å². The molecular weight excluding hydrogens is 264 g/mol. The number of amides is 1. The van der Waals surface area contributed by atoms with Crippen LogP contribution in [0, 0.1) is 0 Å². The number of nitrogens with zero attached hydrogens (tertiary/aromatic N) is 2. The Morgan fingerprint density at radius 1 is 1.47 bits per heavy atom. The number of rotatable bonds is 3. The summed E-state index contributed by atoms with van der Waals surface area (Å²) < 4.78 is 0. The fraction of sp³-hybridized carbons (Fsp3) is 0.615. The number of aromatic carboxylic acids is 1. The van der Waals surface area contributed by atoms with Gasteiger partial charge in [0, 0.05) is 18.0 Å². The number of hydrogen-bond acceptors (Lipinski definition) is 4. The summed E-state index contributed by atoms with van der Waals surface area (Å²) in [7, 11) is 0. The van der Waals surface area contributed by atoms with Gasteiger partial charge in [-0.3, -0.25) is 4.79 Å². The summed E-state index contributed by atoms with van der Waals surface area (Å²) >= 11 is 1.01. The maximum Gasteiger partial charge on any atom is 0.365 e. The smallest absolute Gasteiger partial charge is 0.365 e. The summed E-state index contributed by atoms with van der Waals surface area (Å²) in [6.07, 6.45) is 5.27. The second-order valence-corrected chi connectivity index (χ2v) is 5.61. The van der Waals surface area contributed by atoms with Gasteiger partial charge < -0.3 is 10.0 Å². The van der Waals surface area contributed by atoms with Gasteiger partial charge in [-0.25, -0.2) is 9.78 Å². The largest absolute Gasteiger partial charge is 0.476 e. The molecule has 0 aliphatic carbocycles. The van der Waals surface area contributed by atoms with Gasteiger partial charge in [-0.1, -0.05) is 19.8 Å². The quantitative estimate of drug-likeness (QED) is 0.925. The molecule has 1 fully saturated rings. The van der Waals surface area contributed by atoms with Crippen molar-refractivity contribution in [3.05, 3.63) is 16.1 Å². The predicted octanol–water partition coefficient (Wildman–Crippen LogP) is 2.64. The molecule has 1 aliphatic heterocycles. The third-order valence-electron chi connectivity index (χ3n) is 3.52. The molecule has 1 amide bonds. The molecule has 19 heavy (non-hydrogen) atoms. The minimum absolute atomic E-state index is 0.0220. The fourth-order valence-corrected chi connectivity index (χ4v) is 3.12. The van der Waals surface area contributed by atoms with Crippen molar-refractivity contribution in [3.63, 3.8) is 0 Å². The molecule has 5 nitrogen and oxygen atoms in total. The molecule has 1 aromatic rings. The molecule has 1 unspecified atom stereocenters. The predicted molar refractivity (Wildman–Crippen MR) is 72.7 cm³/mol. The van der Waals surface area contributed by atoms with Crippen LogP contribution in [0.4, 0.5) is 0 Å². The zero-order chi connectivity index (χ0) is 13.8. The molecule has 1 N–H and O–H groups in total. The zero-order valence-corrected chi connectivity index (χ0v) is 11.8. The number of carboxylic acid groups (broad SMARTS) is 1. The first kappa shape index (κ1) is 14.0. The van der Waals surface area contributed by atoms with Crippen LogP contribution in [-0.4, -0.2) is 39.5 Å². The highest BCUT2D eigenvalue weighted by Gasteiger charge is 2.27. The topological polar surface area (TPSA) is 70.5 Å². The monoisotopic (exact) mass is 282 g/mol. The molecule has 0 saturated carbocycles. The van der Waals surface area contributed by atoms with E-state index in [1.807, 2.05) is 4.90 Å². The van der Waals surface area contributed by atoms with Crippen LogP contribution in [0.25, 0.3) is 0 Å². The van der Waals surface area contributed by atoms with Crippen LogP contribution >= 0.6 is 11.3 Å². The van der Waals surface area contributed by atoms with E-state index in [9.17, 15) is 9.59 Å². The average molecular weight is 282 g/mol. The van der Waals surface area contributed by atoms with Gasteiger partial charge in [0.15, 0.2) is 0 Å². The highest BCUT2D eigenvalue weighted by atomic mass is 32.1. The normalized spacial score (nSPS) is 20.1. The van der Waals surface area contributed by atoms with Crippen molar-refractivity contribution < 1.29 is 14.7 Å². The molecule has 1 aliphatic rings. The first-order valence-electron chi connectivity index (χ1n) is 6.63. The molecule has 1 saturated heterocycles. The third-order valence-corrected chi connectivity index (χ3v) is 4.35. The average Bonchev–Trinajstić information content (AvgIpc) is 2.77. The molecule has 0 aromatic carbocycles. The van der Waals surface area contributed by atoms with Crippen molar-refractivity contribution >= 4 is 23.2 Å². The molecule has 6 heteroatoms. The van der Waals surface area contributed by atoms with E-state index in [1.165, 1.54) is 0 Å². The molecular formula is C13H18N2O3S. The molecule has 0 bridgehead atoms. The summed E-state index contributed by atoms with van der Waals surface area (Å²) in [6.45, 7) is 2.83. The number of aromatic nitrogens is 1. The molecule has 1 aromatic heterocycles. The number of hydrogen-bond donors (Lipinski definition) is 1. The van der Waals surface area contributed by atoms with Gasteiger partial charge in [0.2, 0.25) is 5.01 Å². The van der Waals surface area contributed by atoms with Crippen LogP contribution in [-0.2, 0) is 0 Å². The van der Waals surface area contributed by atoms with E-state index in [0.29, 0.717) is 0 Å². The molecule has 0 radical (unpaired) electrons. The summed E-state index contributed by atoms with van der Waals surface area (Å²) in [4.78, 5) is 29.0. The second kappa shape index (κ2) is 6.14. The lowest BCUT2D eigenvalue weighted by molar-refractivity contribution is 0.0672. The van der Waals surface area contributed by atoms with Crippen molar-refractivity contribution in [2.24, 2.45) is 0 Å². The molecule has 0 spiro atoms. The van der Waals surface area contributed by atoms with Gasteiger partial charge in [-0.05, 0) is 19.3 Å².